The molecule has 1 unspecified atom stereocenters. The van der Waals surface area contributed by atoms with E-state index in [1.54, 1.807) is 30.6 Å². The molecule has 2 rings (SSSR count). The Morgan fingerprint density at radius 2 is 2.06 bits per heavy atom. The highest BCUT2D eigenvalue weighted by Crippen LogP contribution is 2.22. The van der Waals surface area contributed by atoms with Crippen LogP contribution in [-0.2, 0) is 0 Å². The highest BCUT2D eigenvalue weighted by molar-refractivity contribution is 6.32. The predicted octanol–water partition coefficient (Wildman–Crippen LogP) is 0.913. The normalized spacial score (nSPS) is 12.7. The van der Waals surface area contributed by atoms with Crippen molar-refractivity contribution in [3.8, 4) is 5.69 Å². The van der Waals surface area contributed by atoms with E-state index in [1.165, 1.54) is 4.80 Å². The monoisotopic (exact) mass is 238 g/mol. The Kier molecular flexibility index (Phi) is 3.19. The van der Waals surface area contributed by atoms with Crippen LogP contribution in [0, 0.1) is 0 Å². The van der Waals surface area contributed by atoms with Crippen LogP contribution in [0.4, 0.5) is 0 Å². The molecular weight excluding hydrogens is 228 g/mol. The third-order valence-electron chi connectivity index (χ3n) is 2.23. The number of hydrogen-bond donors (Lipinski definition) is 2. The van der Waals surface area contributed by atoms with Crippen molar-refractivity contribution in [1.82, 2.24) is 15.0 Å². The Bertz CT molecular complexity index is 472. The van der Waals surface area contributed by atoms with Crippen molar-refractivity contribution >= 4 is 11.6 Å². The van der Waals surface area contributed by atoms with Crippen LogP contribution in [0.3, 0.4) is 0 Å². The molecule has 0 aliphatic rings. The minimum absolute atomic E-state index is 0.117. The first-order valence-corrected chi connectivity index (χ1v) is 5.12. The zero-order chi connectivity index (χ0) is 11.5. The van der Waals surface area contributed by atoms with Gasteiger partial charge in [-0.2, -0.15) is 15.0 Å². The van der Waals surface area contributed by atoms with Crippen molar-refractivity contribution in [3.05, 3.63) is 41.2 Å². The van der Waals surface area contributed by atoms with Crippen LogP contribution < -0.4 is 5.73 Å². The summed E-state index contributed by atoms with van der Waals surface area (Å²) >= 11 is 6.03. The van der Waals surface area contributed by atoms with E-state index in [0.717, 1.165) is 5.56 Å². The van der Waals surface area contributed by atoms with E-state index in [0.29, 0.717) is 10.7 Å². The molecule has 5 nitrogen and oxygen atoms in total. The van der Waals surface area contributed by atoms with Crippen LogP contribution in [-0.4, -0.2) is 26.7 Å². The highest BCUT2D eigenvalue weighted by Gasteiger charge is 2.09. The first-order valence-electron chi connectivity index (χ1n) is 4.75. The second-order valence-corrected chi connectivity index (χ2v) is 3.73. The fraction of sp³-hybridized carbons (Fsp3) is 0.200. The van der Waals surface area contributed by atoms with E-state index in [1.807, 2.05) is 0 Å². The molecule has 0 fully saturated rings. The summed E-state index contributed by atoms with van der Waals surface area (Å²) in [5.41, 5.74) is 7.16. The molecule has 0 saturated heterocycles. The van der Waals surface area contributed by atoms with Gasteiger partial charge in [-0.1, -0.05) is 17.7 Å². The fourth-order valence-corrected chi connectivity index (χ4v) is 1.55. The van der Waals surface area contributed by atoms with Crippen LogP contribution in [0.25, 0.3) is 5.69 Å². The summed E-state index contributed by atoms with van der Waals surface area (Å²) < 4.78 is 0. The lowest BCUT2D eigenvalue weighted by molar-refractivity contribution is 0.268. The molecule has 2 aromatic rings. The maximum absolute atomic E-state index is 8.98. The minimum atomic E-state index is -0.424. The first kappa shape index (κ1) is 11.1. The average molecular weight is 239 g/mol. The quantitative estimate of drug-likeness (QED) is 0.834. The minimum Gasteiger partial charge on any atom is -0.394 e. The van der Waals surface area contributed by atoms with Gasteiger partial charge in [0.05, 0.1) is 30.1 Å². The zero-order valence-corrected chi connectivity index (χ0v) is 9.17. The highest BCUT2D eigenvalue weighted by atomic mass is 35.5. The van der Waals surface area contributed by atoms with Gasteiger partial charge in [0.15, 0.2) is 0 Å². The van der Waals surface area contributed by atoms with Gasteiger partial charge in [-0.25, -0.2) is 0 Å². The smallest absolute Gasteiger partial charge is 0.105 e. The number of nitrogens with two attached hydrogens (primary N) is 1. The molecule has 0 aliphatic heterocycles. The van der Waals surface area contributed by atoms with E-state index in [2.05, 4.69) is 10.2 Å². The molecule has 0 saturated carbocycles. The number of nitrogens with zero attached hydrogens (tertiary/aromatic N) is 3. The number of benzene rings is 1. The van der Waals surface area contributed by atoms with Gasteiger partial charge in [0.1, 0.15) is 5.69 Å². The topological polar surface area (TPSA) is 77.0 Å². The average Bonchev–Trinajstić information content (AvgIpc) is 2.82. The van der Waals surface area contributed by atoms with Gasteiger partial charge in [-0.3, -0.25) is 0 Å². The second kappa shape index (κ2) is 4.61. The van der Waals surface area contributed by atoms with E-state index in [-0.39, 0.29) is 6.61 Å². The van der Waals surface area contributed by atoms with Gasteiger partial charge >= 0.3 is 0 Å². The molecule has 0 amide bonds. The van der Waals surface area contributed by atoms with Gasteiger partial charge in [-0.05, 0) is 17.7 Å². The maximum atomic E-state index is 8.98. The number of aliphatic hydroxyl groups excluding tert-OH is 1. The van der Waals surface area contributed by atoms with Crippen LogP contribution in [0.2, 0.25) is 5.02 Å². The number of aliphatic hydroxyl groups is 1. The third-order valence-corrected chi connectivity index (χ3v) is 2.55. The van der Waals surface area contributed by atoms with Crippen molar-refractivity contribution in [2.45, 2.75) is 6.04 Å². The van der Waals surface area contributed by atoms with Gasteiger partial charge in [0.2, 0.25) is 0 Å². The summed E-state index contributed by atoms with van der Waals surface area (Å²) in [4.78, 5) is 1.41. The largest absolute Gasteiger partial charge is 0.394 e. The van der Waals surface area contributed by atoms with Gasteiger partial charge in [0, 0.05) is 0 Å². The van der Waals surface area contributed by atoms with Crippen molar-refractivity contribution in [2.75, 3.05) is 6.61 Å². The molecule has 1 atom stereocenters. The molecule has 0 bridgehead atoms. The van der Waals surface area contributed by atoms with Crippen LogP contribution in [0.1, 0.15) is 11.6 Å². The number of halogens is 1. The first-order chi connectivity index (χ1) is 7.72. The van der Waals surface area contributed by atoms with Crippen LogP contribution in [0.5, 0.6) is 0 Å². The molecule has 1 heterocycles. The second-order valence-electron chi connectivity index (χ2n) is 3.32. The lowest BCUT2D eigenvalue weighted by atomic mass is 10.1. The Balaban J connectivity index is 2.45. The number of hydrogen-bond acceptors (Lipinski definition) is 4. The lowest BCUT2D eigenvalue weighted by Gasteiger charge is -2.11. The molecule has 3 N–H and O–H groups in total. The van der Waals surface area contributed by atoms with Gasteiger partial charge < -0.3 is 10.8 Å². The standard InChI is InChI=1S/C10H11ClN4O/c11-8-2-1-7(9(12)6-16)5-10(8)15-13-3-4-14-15/h1-5,9,16H,6,12H2. The van der Waals surface area contributed by atoms with E-state index < -0.39 is 6.04 Å². The Labute approximate surface area is 97.5 Å². The van der Waals surface area contributed by atoms with Crippen molar-refractivity contribution in [3.63, 3.8) is 0 Å². The molecule has 84 valence electrons. The zero-order valence-electron chi connectivity index (χ0n) is 8.42. The molecule has 0 aliphatic carbocycles. The molecule has 0 spiro atoms. The summed E-state index contributed by atoms with van der Waals surface area (Å²) in [5.74, 6) is 0. The Morgan fingerprint density at radius 1 is 1.38 bits per heavy atom. The van der Waals surface area contributed by atoms with E-state index >= 15 is 0 Å². The summed E-state index contributed by atoms with van der Waals surface area (Å²) in [6, 6.07) is 4.83. The number of rotatable bonds is 3. The lowest BCUT2D eigenvalue weighted by Crippen LogP contribution is -2.15. The van der Waals surface area contributed by atoms with Gasteiger partial charge in [0.25, 0.3) is 0 Å². The summed E-state index contributed by atoms with van der Waals surface area (Å²) in [6.07, 6.45) is 3.13. The van der Waals surface area contributed by atoms with Gasteiger partial charge in [-0.15, -0.1) is 0 Å². The summed E-state index contributed by atoms with van der Waals surface area (Å²) in [5, 5.41) is 17.5. The molecule has 16 heavy (non-hydrogen) atoms. The van der Waals surface area contributed by atoms with Crippen LogP contribution in [0.15, 0.2) is 30.6 Å². The fourth-order valence-electron chi connectivity index (χ4n) is 1.36. The maximum Gasteiger partial charge on any atom is 0.105 e. The number of aromatic nitrogens is 3. The van der Waals surface area contributed by atoms with E-state index in [9.17, 15) is 0 Å². The Hall–Kier alpha value is -1.43. The summed E-state index contributed by atoms with van der Waals surface area (Å²) in [7, 11) is 0. The predicted molar refractivity (Wildman–Crippen MR) is 60.4 cm³/mol. The Morgan fingerprint density at radius 3 is 2.69 bits per heavy atom. The molecule has 1 aromatic heterocycles. The van der Waals surface area contributed by atoms with Crippen molar-refractivity contribution in [2.24, 2.45) is 5.73 Å². The molecule has 6 heteroatoms. The SMILES string of the molecule is NC(CO)c1ccc(Cl)c(-n2nccn2)c1. The third kappa shape index (κ3) is 2.06. The molecule has 1 aromatic carbocycles. The van der Waals surface area contributed by atoms with Crippen molar-refractivity contribution < 1.29 is 5.11 Å². The van der Waals surface area contributed by atoms with E-state index in [4.69, 9.17) is 22.4 Å². The molecular formula is C10H11ClN4O. The van der Waals surface area contributed by atoms with Crippen LogP contribution >= 0.6 is 11.6 Å². The summed E-state index contributed by atoms with van der Waals surface area (Å²) in [6.45, 7) is -0.117. The van der Waals surface area contributed by atoms with Crippen molar-refractivity contribution in [1.29, 1.82) is 0 Å². The molecule has 0 radical (unpaired) electrons.